The first kappa shape index (κ1) is 19.5. The third kappa shape index (κ3) is 4.64. The number of alkyl halides is 3. The van der Waals surface area contributed by atoms with E-state index in [2.05, 4.69) is 5.32 Å². The van der Waals surface area contributed by atoms with Crippen molar-refractivity contribution in [1.82, 2.24) is 0 Å². The Hall–Kier alpha value is -2.80. The monoisotopic (exact) mass is 383 g/mol. The molecular weight excluding hydrogens is 371 g/mol. The van der Waals surface area contributed by atoms with Gasteiger partial charge in [-0.2, -0.15) is 13.2 Å². The van der Waals surface area contributed by atoms with Gasteiger partial charge in [-0.15, -0.1) is 0 Å². The average molecular weight is 384 g/mol. The number of hydrogen-bond acceptors (Lipinski definition) is 2. The fourth-order valence-electron chi connectivity index (χ4n) is 2.16. The van der Waals surface area contributed by atoms with Crippen LogP contribution in [0.5, 0.6) is 0 Å². The lowest BCUT2D eigenvalue weighted by atomic mass is 10.1. The Morgan fingerprint density at radius 3 is 2.42 bits per heavy atom. The molecule has 0 aliphatic rings. The number of nitrogens with one attached hydrogen (secondary N) is 1. The first-order chi connectivity index (χ1) is 12.1. The van der Waals surface area contributed by atoms with E-state index in [0.29, 0.717) is 0 Å². The van der Waals surface area contributed by atoms with E-state index in [1.807, 2.05) is 0 Å². The second kappa shape index (κ2) is 7.61. The largest absolute Gasteiger partial charge is 0.478 e. The molecule has 2 aromatic rings. The predicted molar refractivity (Wildman–Crippen MR) is 92.1 cm³/mol. The fraction of sp³-hybridized carbons (Fsp3) is 0.111. The van der Waals surface area contributed by atoms with Crippen molar-refractivity contribution in [3.63, 3.8) is 0 Å². The van der Waals surface area contributed by atoms with E-state index in [9.17, 15) is 22.8 Å². The van der Waals surface area contributed by atoms with Crippen molar-refractivity contribution < 1.29 is 27.9 Å². The summed E-state index contributed by atoms with van der Waals surface area (Å²) in [7, 11) is 0. The molecule has 0 atom stereocenters. The van der Waals surface area contributed by atoms with Gasteiger partial charge in [-0.1, -0.05) is 29.8 Å². The Balaban J connectivity index is 2.28. The molecule has 26 heavy (non-hydrogen) atoms. The van der Waals surface area contributed by atoms with Crippen molar-refractivity contribution >= 4 is 35.2 Å². The third-order valence-electron chi connectivity index (χ3n) is 3.44. The first-order valence-electron chi connectivity index (χ1n) is 7.28. The van der Waals surface area contributed by atoms with Crippen LogP contribution in [0.1, 0.15) is 28.4 Å². The van der Waals surface area contributed by atoms with Crippen LogP contribution < -0.4 is 5.32 Å². The third-order valence-corrected chi connectivity index (χ3v) is 3.77. The number of carboxylic acid groups (broad SMARTS) is 1. The van der Waals surface area contributed by atoms with Crippen LogP contribution in [0.25, 0.3) is 6.08 Å². The van der Waals surface area contributed by atoms with Crippen molar-refractivity contribution in [1.29, 1.82) is 0 Å². The van der Waals surface area contributed by atoms with Crippen molar-refractivity contribution in [3.8, 4) is 0 Å². The highest BCUT2D eigenvalue weighted by Crippen LogP contribution is 2.35. The molecule has 2 aromatic carbocycles. The van der Waals surface area contributed by atoms with Crippen LogP contribution in [0, 0.1) is 0 Å². The molecule has 0 aliphatic heterocycles. The maximum Gasteiger partial charge on any atom is 0.417 e. The van der Waals surface area contributed by atoms with Gasteiger partial charge in [-0.25, -0.2) is 4.79 Å². The fourth-order valence-corrected chi connectivity index (χ4v) is 2.39. The van der Waals surface area contributed by atoms with Gasteiger partial charge in [0.15, 0.2) is 0 Å². The van der Waals surface area contributed by atoms with E-state index in [-0.39, 0.29) is 22.4 Å². The van der Waals surface area contributed by atoms with Gasteiger partial charge in [0.25, 0.3) is 5.91 Å². The molecule has 0 aliphatic carbocycles. The first-order valence-corrected chi connectivity index (χ1v) is 7.66. The summed E-state index contributed by atoms with van der Waals surface area (Å²) < 4.78 is 38.7. The summed E-state index contributed by atoms with van der Waals surface area (Å²) >= 11 is 5.56. The van der Waals surface area contributed by atoms with E-state index >= 15 is 0 Å². The number of rotatable bonds is 4. The summed E-state index contributed by atoms with van der Waals surface area (Å²) in [6.45, 7) is 1.40. The van der Waals surface area contributed by atoms with E-state index in [1.54, 1.807) is 6.07 Å². The van der Waals surface area contributed by atoms with Crippen LogP contribution in [-0.2, 0) is 11.0 Å². The van der Waals surface area contributed by atoms with E-state index in [4.69, 9.17) is 16.7 Å². The lowest BCUT2D eigenvalue weighted by molar-refractivity contribution is -0.137. The topological polar surface area (TPSA) is 66.4 Å². The number of benzene rings is 2. The van der Waals surface area contributed by atoms with Crippen LogP contribution in [0.2, 0.25) is 5.02 Å². The number of para-hydroxylation sites is 1. The molecule has 1 amide bonds. The highest BCUT2D eigenvalue weighted by Gasteiger charge is 2.33. The van der Waals surface area contributed by atoms with Crippen molar-refractivity contribution in [3.05, 3.63) is 69.8 Å². The lowest BCUT2D eigenvalue weighted by Gasteiger charge is -2.11. The molecule has 0 heterocycles. The van der Waals surface area contributed by atoms with Crippen LogP contribution >= 0.6 is 11.6 Å². The van der Waals surface area contributed by atoms with Crippen molar-refractivity contribution in [2.45, 2.75) is 13.1 Å². The molecule has 0 saturated carbocycles. The van der Waals surface area contributed by atoms with Crippen molar-refractivity contribution in [2.24, 2.45) is 0 Å². The number of amides is 1. The Morgan fingerprint density at radius 1 is 1.15 bits per heavy atom. The number of halogens is 4. The minimum Gasteiger partial charge on any atom is -0.478 e. The molecule has 0 aromatic heterocycles. The van der Waals surface area contributed by atoms with Crippen LogP contribution in [-0.4, -0.2) is 17.0 Å². The maximum atomic E-state index is 12.9. The quantitative estimate of drug-likeness (QED) is 0.722. The molecule has 0 bridgehead atoms. The molecule has 0 unspecified atom stereocenters. The SMILES string of the molecule is C/C(=C\c1ccc(Cl)c(C(F)(F)F)c1)C(=O)Nc1ccccc1C(=O)O. The molecule has 0 radical (unpaired) electrons. The van der Waals surface area contributed by atoms with Gasteiger partial charge in [0.1, 0.15) is 0 Å². The molecule has 136 valence electrons. The number of anilines is 1. The summed E-state index contributed by atoms with van der Waals surface area (Å²) in [6.07, 6.45) is -3.36. The summed E-state index contributed by atoms with van der Waals surface area (Å²) in [6, 6.07) is 9.08. The highest BCUT2D eigenvalue weighted by molar-refractivity contribution is 6.31. The highest BCUT2D eigenvalue weighted by atomic mass is 35.5. The number of carbonyl (C=O) groups is 2. The average Bonchev–Trinajstić information content (AvgIpc) is 2.55. The molecule has 8 heteroatoms. The Labute approximate surface area is 151 Å². The van der Waals surface area contributed by atoms with Crippen LogP contribution in [0.15, 0.2) is 48.0 Å². The second-order valence-electron chi connectivity index (χ2n) is 5.37. The van der Waals surface area contributed by atoms with E-state index < -0.39 is 28.6 Å². The molecule has 0 spiro atoms. The molecule has 4 nitrogen and oxygen atoms in total. The Kier molecular flexibility index (Phi) is 5.72. The Morgan fingerprint density at radius 2 is 1.81 bits per heavy atom. The number of aromatic carboxylic acids is 1. The molecular formula is C18H13ClF3NO3. The minimum atomic E-state index is -4.61. The van der Waals surface area contributed by atoms with Crippen LogP contribution in [0.3, 0.4) is 0 Å². The van der Waals surface area contributed by atoms with Gasteiger partial charge < -0.3 is 10.4 Å². The van der Waals surface area contributed by atoms with Crippen LogP contribution in [0.4, 0.5) is 18.9 Å². The molecule has 2 rings (SSSR count). The van der Waals surface area contributed by atoms with Gasteiger partial charge in [0.05, 0.1) is 21.8 Å². The summed E-state index contributed by atoms with van der Waals surface area (Å²) in [5.74, 6) is -1.85. The maximum absolute atomic E-state index is 12.9. The lowest BCUT2D eigenvalue weighted by Crippen LogP contribution is -2.15. The van der Waals surface area contributed by atoms with Gasteiger partial charge in [0, 0.05) is 5.57 Å². The zero-order chi connectivity index (χ0) is 19.5. The zero-order valence-corrected chi connectivity index (χ0v) is 14.2. The summed E-state index contributed by atoms with van der Waals surface area (Å²) in [5.41, 5.74) is -0.775. The molecule has 2 N–H and O–H groups in total. The summed E-state index contributed by atoms with van der Waals surface area (Å²) in [4.78, 5) is 23.4. The van der Waals surface area contributed by atoms with Gasteiger partial charge in [-0.3, -0.25) is 4.79 Å². The normalized spacial score (nSPS) is 12.0. The number of carbonyl (C=O) groups excluding carboxylic acids is 1. The van der Waals surface area contributed by atoms with E-state index in [0.717, 1.165) is 12.1 Å². The second-order valence-corrected chi connectivity index (χ2v) is 5.78. The molecule has 0 fully saturated rings. The van der Waals surface area contributed by atoms with Crippen molar-refractivity contribution in [2.75, 3.05) is 5.32 Å². The Bertz CT molecular complexity index is 891. The minimum absolute atomic E-state index is 0.0878. The van der Waals surface area contributed by atoms with Gasteiger partial charge >= 0.3 is 12.1 Å². The molecule has 0 saturated heterocycles. The zero-order valence-electron chi connectivity index (χ0n) is 13.4. The number of carboxylic acids is 1. The standard InChI is InChI=1S/C18H13ClF3NO3/c1-10(8-11-6-7-14(19)13(9-11)18(20,21)22)16(24)23-15-5-3-2-4-12(15)17(25)26/h2-9H,1H3,(H,23,24)(H,25,26)/b10-8+. The van der Waals surface area contributed by atoms with E-state index in [1.165, 1.54) is 37.3 Å². The van der Waals surface area contributed by atoms with Gasteiger partial charge in [0.2, 0.25) is 0 Å². The smallest absolute Gasteiger partial charge is 0.417 e. The van der Waals surface area contributed by atoms with Gasteiger partial charge in [-0.05, 0) is 42.8 Å². The summed E-state index contributed by atoms with van der Waals surface area (Å²) in [5, 5.41) is 11.1. The predicted octanol–water partition coefficient (Wildman–Crippen LogP) is 5.10. The number of hydrogen-bond donors (Lipinski definition) is 2.